The van der Waals surface area contributed by atoms with Crippen molar-refractivity contribution in [2.75, 3.05) is 0 Å². The second-order valence-corrected chi connectivity index (χ2v) is 7.99. The number of nitrogens with zero attached hydrogens (tertiary/aromatic N) is 3. The van der Waals surface area contributed by atoms with Crippen molar-refractivity contribution >= 4 is 17.3 Å². The molecule has 0 aliphatic rings. The molecule has 0 fully saturated rings. The Hall–Kier alpha value is -4.16. The Labute approximate surface area is 193 Å². The lowest BCUT2D eigenvalue weighted by atomic mass is 9.96. The molecule has 0 aliphatic carbocycles. The van der Waals surface area contributed by atoms with Crippen LogP contribution in [0.5, 0.6) is 5.75 Å². The van der Waals surface area contributed by atoms with E-state index in [0.29, 0.717) is 22.1 Å². The van der Waals surface area contributed by atoms with E-state index >= 15 is 0 Å². The third-order valence-corrected chi connectivity index (χ3v) is 5.79. The van der Waals surface area contributed by atoms with E-state index in [1.807, 2.05) is 60.7 Å². The van der Waals surface area contributed by atoms with Gasteiger partial charge in [0.2, 0.25) is 5.43 Å². The average Bonchev–Trinajstić information content (AvgIpc) is 3.09. The summed E-state index contributed by atoms with van der Waals surface area (Å²) in [6, 6.07) is 25.0. The third kappa shape index (κ3) is 3.41. The van der Waals surface area contributed by atoms with E-state index < -0.39 is 11.0 Å². The number of para-hydroxylation sites is 1. The second kappa shape index (κ2) is 8.07. The van der Waals surface area contributed by atoms with Gasteiger partial charge in [0.05, 0.1) is 28.2 Å². The highest BCUT2D eigenvalue weighted by Gasteiger charge is 2.30. The number of rotatable bonds is 4. The quantitative estimate of drug-likeness (QED) is 0.438. The van der Waals surface area contributed by atoms with Gasteiger partial charge in [-0.3, -0.25) is 14.3 Å². The van der Waals surface area contributed by atoms with Gasteiger partial charge in [0.15, 0.2) is 11.1 Å². The molecule has 4 aromatic carbocycles. The van der Waals surface area contributed by atoms with Crippen LogP contribution in [0.15, 0.2) is 99.5 Å². The van der Waals surface area contributed by atoms with Crippen molar-refractivity contribution in [2.24, 2.45) is 12.0 Å². The SMILES string of the molecule is Cn1c(-c2ccccc2)c(-c2c(O)c(=Nc3ccc(Cl)cc3)c2=O)c(=O)n1-c1ccccc1. The first kappa shape index (κ1) is 20.7. The molecule has 1 aromatic heterocycles. The summed E-state index contributed by atoms with van der Waals surface area (Å²) in [5, 5.41) is 11.3. The predicted molar refractivity (Wildman–Crippen MR) is 129 cm³/mol. The molecule has 0 saturated carbocycles. The summed E-state index contributed by atoms with van der Waals surface area (Å²) in [4.78, 5) is 31.0. The summed E-state index contributed by atoms with van der Waals surface area (Å²) in [7, 11) is 1.75. The fourth-order valence-corrected chi connectivity index (χ4v) is 4.11. The van der Waals surface area contributed by atoms with Crippen LogP contribution in [0.25, 0.3) is 28.1 Å². The summed E-state index contributed by atoms with van der Waals surface area (Å²) in [5.74, 6) is -0.296. The van der Waals surface area contributed by atoms with Gasteiger partial charge in [-0.05, 0) is 36.4 Å². The number of hydrogen-bond acceptors (Lipinski definition) is 4. The Kier molecular flexibility index (Phi) is 5.07. The lowest BCUT2D eigenvalue weighted by Gasteiger charge is -2.11. The minimum Gasteiger partial charge on any atom is -0.505 e. The van der Waals surface area contributed by atoms with Crippen LogP contribution in [-0.2, 0) is 7.05 Å². The number of aromatic hydroxyl groups is 1. The maximum atomic E-state index is 13.6. The maximum absolute atomic E-state index is 13.6. The lowest BCUT2D eigenvalue weighted by molar-refractivity contribution is 0.463. The smallest absolute Gasteiger partial charge is 0.280 e. The summed E-state index contributed by atoms with van der Waals surface area (Å²) < 4.78 is 3.18. The van der Waals surface area contributed by atoms with Crippen LogP contribution >= 0.6 is 11.6 Å². The van der Waals surface area contributed by atoms with Crippen LogP contribution in [0, 0.1) is 0 Å². The van der Waals surface area contributed by atoms with Crippen LogP contribution in [0.3, 0.4) is 0 Å². The van der Waals surface area contributed by atoms with Crippen LogP contribution in [0.4, 0.5) is 5.69 Å². The Morgan fingerprint density at radius 1 is 0.818 bits per heavy atom. The molecule has 0 spiro atoms. The van der Waals surface area contributed by atoms with Gasteiger partial charge in [0, 0.05) is 17.6 Å². The van der Waals surface area contributed by atoms with Crippen molar-refractivity contribution in [3.8, 4) is 33.8 Å². The van der Waals surface area contributed by atoms with E-state index in [0.717, 1.165) is 5.56 Å². The minimum absolute atomic E-state index is 0.0307. The molecule has 0 saturated heterocycles. The van der Waals surface area contributed by atoms with E-state index in [1.165, 1.54) is 4.68 Å². The van der Waals surface area contributed by atoms with Crippen LogP contribution in [-0.4, -0.2) is 14.5 Å². The summed E-state index contributed by atoms with van der Waals surface area (Å²) in [6.07, 6.45) is 0. The molecule has 5 rings (SSSR count). The molecule has 5 aromatic rings. The Balaban J connectivity index is 1.77. The van der Waals surface area contributed by atoms with Gasteiger partial charge in [-0.1, -0.05) is 60.1 Å². The molecule has 6 nitrogen and oxygen atoms in total. The van der Waals surface area contributed by atoms with Crippen molar-refractivity contribution in [3.63, 3.8) is 0 Å². The van der Waals surface area contributed by atoms with Gasteiger partial charge in [-0.15, -0.1) is 0 Å². The average molecular weight is 456 g/mol. The van der Waals surface area contributed by atoms with Crippen molar-refractivity contribution in [1.29, 1.82) is 0 Å². The topological polar surface area (TPSA) is 76.6 Å². The Morgan fingerprint density at radius 2 is 1.42 bits per heavy atom. The molecule has 0 unspecified atom stereocenters. The summed E-state index contributed by atoms with van der Waals surface area (Å²) in [6.45, 7) is 0. The van der Waals surface area contributed by atoms with Crippen molar-refractivity contribution in [1.82, 2.24) is 9.36 Å². The standard InChI is InChI=1S/C26H18ClN3O3/c1-29-23(16-8-4-2-5-9-16)20(26(33)30(29)19-10-6-3-7-11-19)21-24(31)22(25(21)32)28-18-14-12-17(27)13-15-18/h2-15,31H,1H3. The van der Waals surface area contributed by atoms with E-state index in [9.17, 15) is 14.7 Å². The molecule has 1 N–H and O–H groups in total. The van der Waals surface area contributed by atoms with Crippen molar-refractivity contribution in [3.05, 3.63) is 116 Å². The number of halogens is 1. The Bertz CT molecular complexity index is 1610. The third-order valence-electron chi connectivity index (χ3n) is 5.54. The zero-order chi connectivity index (χ0) is 23.1. The zero-order valence-corrected chi connectivity index (χ0v) is 18.3. The first-order chi connectivity index (χ1) is 16.0. The first-order valence-electron chi connectivity index (χ1n) is 10.2. The second-order valence-electron chi connectivity index (χ2n) is 7.56. The molecule has 33 heavy (non-hydrogen) atoms. The molecule has 1 heterocycles. The summed E-state index contributed by atoms with van der Waals surface area (Å²) in [5.41, 5.74) is 1.64. The van der Waals surface area contributed by atoms with Crippen LogP contribution in [0.1, 0.15) is 0 Å². The first-order valence-corrected chi connectivity index (χ1v) is 10.6. The highest BCUT2D eigenvalue weighted by molar-refractivity contribution is 6.30. The van der Waals surface area contributed by atoms with Crippen LogP contribution < -0.4 is 16.3 Å². The predicted octanol–water partition coefficient (Wildman–Crippen LogP) is 4.34. The zero-order valence-electron chi connectivity index (χ0n) is 17.6. The lowest BCUT2D eigenvalue weighted by Crippen LogP contribution is -2.35. The van der Waals surface area contributed by atoms with E-state index in [-0.39, 0.29) is 22.2 Å². The number of aromatic nitrogens is 2. The Morgan fingerprint density at radius 3 is 2.03 bits per heavy atom. The van der Waals surface area contributed by atoms with Gasteiger partial charge in [-0.2, -0.15) is 0 Å². The van der Waals surface area contributed by atoms with Crippen LogP contribution in [0.2, 0.25) is 5.02 Å². The van der Waals surface area contributed by atoms with E-state index in [4.69, 9.17) is 11.6 Å². The molecule has 7 heteroatoms. The van der Waals surface area contributed by atoms with Gasteiger partial charge in [0.25, 0.3) is 5.56 Å². The van der Waals surface area contributed by atoms with Crippen molar-refractivity contribution < 1.29 is 5.11 Å². The van der Waals surface area contributed by atoms with Crippen molar-refractivity contribution in [2.45, 2.75) is 0 Å². The monoisotopic (exact) mass is 455 g/mol. The molecule has 0 radical (unpaired) electrons. The fraction of sp³-hybridized carbons (Fsp3) is 0.0385. The van der Waals surface area contributed by atoms with Gasteiger partial charge in [-0.25, -0.2) is 9.67 Å². The number of benzene rings is 3. The van der Waals surface area contributed by atoms with E-state index in [2.05, 4.69) is 4.99 Å². The van der Waals surface area contributed by atoms with E-state index in [1.54, 1.807) is 36.0 Å². The molecule has 0 aliphatic heterocycles. The molecule has 0 bridgehead atoms. The molecular weight excluding hydrogens is 438 g/mol. The van der Waals surface area contributed by atoms with Gasteiger partial charge in [0.1, 0.15) is 0 Å². The highest BCUT2D eigenvalue weighted by Crippen LogP contribution is 2.33. The van der Waals surface area contributed by atoms with Gasteiger partial charge < -0.3 is 5.11 Å². The highest BCUT2D eigenvalue weighted by atomic mass is 35.5. The molecular formula is C26H18ClN3O3. The van der Waals surface area contributed by atoms with Gasteiger partial charge >= 0.3 is 0 Å². The minimum atomic E-state index is -0.484. The molecule has 0 atom stereocenters. The molecule has 162 valence electrons. The number of hydrogen-bond donors (Lipinski definition) is 1. The largest absolute Gasteiger partial charge is 0.505 e. The summed E-state index contributed by atoms with van der Waals surface area (Å²) >= 11 is 5.90. The fourth-order valence-electron chi connectivity index (χ4n) is 3.99. The molecule has 0 amide bonds. The normalized spacial score (nSPS) is 11.9. The maximum Gasteiger partial charge on any atom is 0.280 e.